The van der Waals surface area contributed by atoms with Crippen molar-refractivity contribution in [3.63, 3.8) is 0 Å². The van der Waals surface area contributed by atoms with E-state index in [0.717, 1.165) is 22.9 Å². The zero-order valence-electron chi connectivity index (χ0n) is 18.5. The van der Waals surface area contributed by atoms with Crippen molar-refractivity contribution in [3.8, 4) is 0 Å². The Bertz CT molecular complexity index is 1170. The van der Waals surface area contributed by atoms with Crippen molar-refractivity contribution in [2.45, 2.75) is 37.8 Å². The third-order valence-electron chi connectivity index (χ3n) is 6.76. The highest BCUT2D eigenvalue weighted by Gasteiger charge is 2.41. The quantitative estimate of drug-likeness (QED) is 0.612. The highest BCUT2D eigenvalue weighted by atomic mass is 16.2. The average Bonchev–Trinajstić information content (AvgIpc) is 3.46. The maximum absolute atomic E-state index is 13.6. The largest absolute Gasteiger partial charge is 0.361 e. The molecule has 0 saturated carbocycles. The first-order valence-electron chi connectivity index (χ1n) is 11.6. The van der Waals surface area contributed by atoms with E-state index in [-0.39, 0.29) is 17.7 Å². The summed E-state index contributed by atoms with van der Waals surface area (Å²) in [6, 6.07) is 17.0. The highest BCUT2D eigenvalue weighted by molar-refractivity contribution is 5.95. The van der Waals surface area contributed by atoms with Crippen LogP contribution in [-0.4, -0.2) is 64.2 Å². The number of carbonyl (C=O) groups is 3. The summed E-state index contributed by atoms with van der Waals surface area (Å²) < 4.78 is 0. The minimum absolute atomic E-state index is 0.0277. The number of hydrogen-bond donors (Lipinski definition) is 2. The van der Waals surface area contributed by atoms with Crippen LogP contribution in [0, 0.1) is 0 Å². The van der Waals surface area contributed by atoms with Gasteiger partial charge >= 0.3 is 0 Å². The molecule has 2 saturated heterocycles. The van der Waals surface area contributed by atoms with E-state index in [0.29, 0.717) is 38.9 Å². The van der Waals surface area contributed by atoms with Crippen molar-refractivity contribution < 1.29 is 14.4 Å². The van der Waals surface area contributed by atoms with Crippen molar-refractivity contribution in [1.82, 2.24) is 20.1 Å². The molecule has 1 unspecified atom stereocenters. The minimum atomic E-state index is -0.585. The molecule has 0 bridgehead atoms. The van der Waals surface area contributed by atoms with E-state index >= 15 is 0 Å². The number of fused-ring (bicyclic) bond motifs is 1. The van der Waals surface area contributed by atoms with Crippen molar-refractivity contribution in [2.75, 3.05) is 19.6 Å². The van der Waals surface area contributed by atoms with Gasteiger partial charge < -0.3 is 20.1 Å². The Balaban J connectivity index is 1.38. The lowest BCUT2D eigenvalue weighted by molar-refractivity contribution is -0.152. The Labute approximate surface area is 192 Å². The van der Waals surface area contributed by atoms with E-state index in [9.17, 15) is 14.4 Å². The number of carbonyl (C=O) groups excluding carboxylic acids is 3. The van der Waals surface area contributed by atoms with Crippen LogP contribution in [0.2, 0.25) is 0 Å². The summed E-state index contributed by atoms with van der Waals surface area (Å²) in [5, 5.41) is 3.83. The minimum Gasteiger partial charge on any atom is -0.361 e. The molecule has 7 heteroatoms. The predicted molar refractivity (Wildman–Crippen MR) is 125 cm³/mol. The summed E-state index contributed by atoms with van der Waals surface area (Å²) in [4.78, 5) is 45.5. The lowest BCUT2D eigenvalue weighted by Gasteiger charge is -2.41. The zero-order valence-corrected chi connectivity index (χ0v) is 18.5. The van der Waals surface area contributed by atoms with Gasteiger partial charge in [-0.15, -0.1) is 0 Å². The third kappa shape index (κ3) is 4.35. The molecule has 1 aromatic heterocycles. The molecule has 33 heavy (non-hydrogen) atoms. The maximum Gasteiger partial charge on any atom is 0.245 e. The summed E-state index contributed by atoms with van der Waals surface area (Å²) >= 11 is 0. The van der Waals surface area contributed by atoms with Crippen LogP contribution in [0.25, 0.3) is 10.9 Å². The molecule has 3 heterocycles. The Kier molecular flexibility index (Phi) is 5.86. The molecule has 2 aliphatic rings. The van der Waals surface area contributed by atoms with Gasteiger partial charge in [-0.1, -0.05) is 48.5 Å². The Hall–Kier alpha value is -3.61. The van der Waals surface area contributed by atoms with Crippen LogP contribution in [0.4, 0.5) is 0 Å². The van der Waals surface area contributed by atoms with Crippen LogP contribution in [0.1, 0.15) is 24.0 Å². The number of nitrogens with zero attached hydrogens (tertiary/aromatic N) is 2. The molecule has 2 aromatic carbocycles. The molecular weight excluding hydrogens is 416 g/mol. The molecule has 2 aliphatic heterocycles. The number of hydrogen-bond acceptors (Lipinski definition) is 3. The zero-order chi connectivity index (χ0) is 22.8. The Morgan fingerprint density at radius 2 is 1.79 bits per heavy atom. The van der Waals surface area contributed by atoms with Crippen molar-refractivity contribution in [3.05, 3.63) is 71.9 Å². The fraction of sp³-hybridized carbons (Fsp3) is 0.346. The third-order valence-corrected chi connectivity index (χ3v) is 6.76. The van der Waals surface area contributed by atoms with Crippen molar-refractivity contribution in [2.24, 2.45) is 0 Å². The summed E-state index contributed by atoms with van der Waals surface area (Å²) in [6.07, 6.45) is 3.99. The number of piperazine rings is 1. The van der Waals surface area contributed by atoms with Crippen LogP contribution in [0.15, 0.2) is 60.8 Å². The van der Waals surface area contributed by atoms with Crippen LogP contribution >= 0.6 is 0 Å². The standard InChI is InChI=1S/C26H28N4O3/c31-24-11-10-22(28-24)25(32)30-15-14-29(13-12-18-6-2-1-3-7-18)26(33)23(30)16-19-17-27-21-9-5-4-8-20(19)21/h1-9,17,22-23,27H,10-16H2,(H,28,31)/t22?,23-/m0/s1. The van der Waals surface area contributed by atoms with Crippen LogP contribution in [0.5, 0.6) is 0 Å². The summed E-state index contributed by atoms with van der Waals surface area (Å²) in [5.74, 6) is -0.281. The predicted octanol–water partition coefficient (Wildman–Crippen LogP) is 2.27. The van der Waals surface area contributed by atoms with Gasteiger partial charge in [0.25, 0.3) is 0 Å². The molecule has 0 radical (unpaired) electrons. The van der Waals surface area contributed by atoms with E-state index in [1.54, 1.807) is 4.90 Å². The van der Waals surface area contributed by atoms with Crippen LogP contribution < -0.4 is 5.32 Å². The molecule has 0 spiro atoms. The summed E-state index contributed by atoms with van der Waals surface area (Å²) in [7, 11) is 0. The molecule has 2 fully saturated rings. The summed E-state index contributed by atoms with van der Waals surface area (Å²) in [6.45, 7) is 1.59. The lowest BCUT2D eigenvalue weighted by atomic mass is 9.99. The average molecular weight is 445 g/mol. The lowest BCUT2D eigenvalue weighted by Crippen LogP contribution is -2.62. The molecular formula is C26H28N4O3. The van der Waals surface area contributed by atoms with E-state index < -0.39 is 12.1 Å². The maximum atomic E-state index is 13.6. The number of nitrogens with one attached hydrogen (secondary N) is 2. The first kappa shape index (κ1) is 21.2. The second-order valence-electron chi connectivity index (χ2n) is 8.83. The fourth-order valence-corrected chi connectivity index (χ4v) is 4.94. The molecule has 2 atom stereocenters. The van der Waals surface area contributed by atoms with Gasteiger partial charge in [0, 0.05) is 49.6 Å². The number of rotatable bonds is 6. The second kappa shape index (κ2) is 9.10. The Morgan fingerprint density at radius 1 is 1.00 bits per heavy atom. The molecule has 3 amide bonds. The molecule has 3 aromatic rings. The molecule has 0 aliphatic carbocycles. The number of amides is 3. The SMILES string of the molecule is O=C1CCC(C(=O)N2CCN(CCc3ccccc3)C(=O)[C@@H]2Cc2c[nH]c3ccccc23)N1. The van der Waals surface area contributed by atoms with Crippen molar-refractivity contribution >= 4 is 28.6 Å². The van der Waals surface area contributed by atoms with E-state index in [1.807, 2.05) is 53.6 Å². The normalized spacial score (nSPS) is 21.0. The smallest absolute Gasteiger partial charge is 0.245 e. The van der Waals surface area contributed by atoms with E-state index in [4.69, 9.17) is 0 Å². The summed E-state index contributed by atoms with van der Waals surface area (Å²) in [5.41, 5.74) is 3.21. The number of aromatic nitrogens is 1. The van der Waals surface area contributed by atoms with Gasteiger partial charge in [0.2, 0.25) is 17.7 Å². The van der Waals surface area contributed by atoms with Crippen molar-refractivity contribution in [1.29, 1.82) is 0 Å². The van der Waals surface area contributed by atoms with E-state index in [2.05, 4.69) is 22.4 Å². The number of H-pyrrole nitrogens is 1. The molecule has 170 valence electrons. The van der Waals surface area contributed by atoms with Gasteiger partial charge in [-0.05, 0) is 30.0 Å². The van der Waals surface area contributed by atoms with Crippen LogP contribution in [0.3, 0.4) is 0 Å². The van der Waals surface area contributed by atoms with Gasteiger partial charge in [-0.3, -0.25) is 14.4 Å². The number of aromatic amines is 1. The van der Waals surface area contributed by atoms with Gasteiger partial charge in [0.15, 0.2) is 0 Å². The van der Waals surface area contributed by atoms with E-state index in [1.165, 1.54) is 5.56 Å². The second-order valence-corrected chi connectivity index (χ2v) is 8.83. The molecule has 2 N–H and O–H groups in total. The molecule has 7 nitrogen and oxygen atoms in total. The van der Waals surface area contributed by atoms with Gasteiger partial charge in [-0.25, -0.2) is 0 Å². The number of benzene rings is 2. The highest BCUT2D eigenvalue weighted by Crippen LogP contribution is 2.24. The first-order valence-corrected chi connectivity index (χ1v) is 11.6. The van der Waals surface area contributed by atoms with Gasteiger partial charge in [0.05, 0.1) is 0 Å². The monoisotopic (exact) mass is 444 g/mol. The van der Waals surface area contributed by atoms with Gasteiger partial charge in [-0.2, -0.15) is 0 Å². The number of para-hydroxylation sites is 1. The fourth-order valence-electron chi connectivity index (χ4n) is 4.94. The van der Waals surface area contributed by atoms with Gasteiger partial charge in [0.1, 0.15) is 12.1 Å². The molecule has 5 rings (SSSR count). The first-order chi connectivity index (χ1) is 16.1. The van der Waals surface area contributed by atoms with Crippen LogP contribution in [-0.2, 0) is 27.2 Å². The Morgan fingerprint density at radius 3 is 2.58 bits per heavy atom. The topological polar surface area (TPSA) is 85.5 Å².